The molecule has 6 heteroatoms. The van der Waals surface area contributed by atoms with Gasteiger partial charge in [-0.15, -0.1) is 0 Å². The van der Waals surface area contributed by atoms with Crippen molar-refractivity contribution in [3.63, 3.8) is 0 Å². The van der Waals surface area contributed by atoms with Crippen molar-refractivity contribution in [2.45, 2.75) is 26.7 Å². The van der Waals surface area contributed by atoms with Gasteiger partial charge in [-0.2, -0.15) is 0 Å². The molecule has 0 aromatic carbocycles. The summed E-state index contributed by atoms with van der Waals surface area (Å²) < 4.78 is 5.59. The molecule has 3 aliphatic rings. The molecule has 1 N–H and O–H groups in total. The average molecular weight is 324 g/mol. The molecule has 0 spiro atoms. The second-order valence-electron chi connectivity index (χ2n) is 6.93. The summed E-state index contributed by atoms with van der Waals surface area (Å²) in [4.78, 5) is 18.2. The molecule has 1 aromatic heterocycles. The van der Waals surface area contributed by atoms with E-state index in [1.165, 1.54) is 0 Å². The lowest BCUT2D eigenvalue weighted by Gasteiger charge is -2.39. The van der Waals surface area contributed by atoms with Crippen LogP contribution in [-0.4, -0.2) is 41.0 Å². The van der Waals surface area contributed by atoms with Crippen LogP contribution < -0.4 is 4.65 Å². The van der Waals surface area contributed by atoms with Gasteiger partial charge >= 0.3 is 7.12 Å². The van der Waals surface area contributed by atoms with Crippen LogP contribution in [0.1, 0.15) is 37.1 Å². The third kappa shape index (κ3) is 2.45. The SMILES string of the molecule is CC(=O)N1CCC(C)C(C2=CB(O)Oc3cnc4c(c32)C=CC4)C1. The number of fused-ring (bicyclic) bond motifs is 3. The number of carbonyl (C=O) groups is 1. The average Bonchev–Trinajstić information content (AvgIpc) is 3.02. The van der Waals surface area contributed by atoms with Crippen LogP contribution in [0.5, 0.6) is 5.75 Å². The first-order valence-electron chi connectivity index (χ1n) is 8.55. The van der Waals surface area contributed by atoms with Gasteiger partial charge in [-0.1, -0.05) is 19.1 Å². The lowest BCUT2D eigenvalue weighted by Crippen LogP contribution is -2.43. The maximum atomic E-state index is 11.8. The van der Waals surface area contributed by atoms with Crippen LogP contribution >= 0.6 is 0 Å². The zero-order valence-electron chi connectivity index (χ0n) is 14.0. The van der Waals surface area contributed by atoms with Gasteiger partial charge < -0.3 is 14.6 Å². The Morgan fingerprint density at radius 1 is 1.50 bits per heavy atom. The van der Waals surface area contributed by atoms with E-state index in [-0.39, 0.29) is 11.8 Å². The predicted octanol–water partition coefficient (Wildman–Crippen LogP) is 1.95. The van der Waals surface area contributed by atoms with Crippen molar-refractivity contribution in [2.24, 2.45) is 11.8 Å². The van der Waals surface area contributed by atoms with Gasteiger partial charge in [-0.05, 0) is 23.9 Å². The molecule has 124 valence electrons. The second-order valence-corrected chi connectivity index (χ2v) is 6.93. The van der Waals surface area contributed by atoms with E-state index in [0.29, 0.717) is 18.2 Å². The van der Waals surface area contributed by atoms with E-state index >= 15 is 0 Å². The Labute approximate surface area is 142 Å². The molecule has 3 heterocycles. The minimum absolute atomic E-state index is 0.111. The molecule has 2 atom stereocenters. The largest absolute Gasteiger partial charge is 0.552 e. The standard InChI is InChI=1S/C18H21BN2O3/c1-11-6-7-21(12(2)22)10-15(11)14-8-19(23)24-17-9-20-16-5-3-4-13(16)18(14)17/h3-4,8-9,11,15,23H,5-7,10H2,1-2H3. The molecule has 0 radical (unpaired) electrons. The number of rotatable bonds is 1. The Bertz CT molecular complexity index is 759. The smallest absolute Gasteiger partial charge is 0.531 e. The number of hydrogen-bond donors (Lipinski definition) is 1. The number of piperidine rings is 1. The fraction of sp³-hybridized carbons (Fsp3) is 0.444. The molecule has 1 aromatic rings. The molecule has 5 nitrogen and oxygen atoms in total. The second kappa shape index (κ2) is 5.78. The minimum Gasteiger partial charge on any atom is -0.531 e. The van der Waals surface area contributed by atoms with Crippen molar-refractivity contribution in [3.05, 3.63) is 35.1 Å². The van der Waals surface area contributed by atoms with E-state index in [1.54, 1.807) is 19.1 Å². The first kappa shape index (κ1) is 15.5. The van der Waals surface area contributed by atoms with Crippen molar-refractivity contribution >= 4 is 24.7 Å². The monoisotopic (exact) mass is 324 g/mol. The number of hydrogen-bond acceptors (Lipinski definition) is 4. The highest BCUT2D eigenvalue weighted by atomic mass is 16.5. The van der Waals surface area contributed by atoms with Crippen LogP contribution in [0, 0.1) is 11.8 Å². The van der Waals surface area contributed by atoms with Gasteiger partial charge in [0.25, 0.3) is 0 Å². The molecular formula is C18H21BN2O3. The molecule has 1 aliphatic carbocycles. The van der Waals surface area contributed by atoms with Crippen LogP contribution in [-0.2, 0) is 11.2 Å². The van der Waals surface area contributed by atoms with E-state index in [9.17, 15) is 9.82 Å². The van der Waals surface area contributed by atoms with Crippen LogP contribution in [0.3, 0.4) is 0 Å². The fourth-order valence-corrected chi connectivity index (χ4v) is 4.04. The van der Waals surface area contributed by atoms with Crippen LogP contribution in [0.25, 0.3) is 11.6 Å². The first-order chi connectivity index (χ1) is 11.5. The van der Waals surface area contributed by atoms with Crippen LogP contribution in [0.4, 0.5) is 0 Å². The highest BCUT2D eigenvalue weighted by Crippen LogP contribution is 2.44. The lowest BCUT2D eigenvalue weighted by molar-refractivity contribution is -0.130. The van der Waals surface area contributed by atoms with E-state index in [2.05, 4.69) is 24.1 Å². The number of amides is 1. The molecule has 1 saturated heterocycles. The zero-order chi connectivity index (χ0) is 16.8. The van der Waals surface area contributed by atoms with Crippen molar-refractivity contribution in [1.82, 2.24) is 9.88 Å². The Balaban J connectivity index is 1.79. The highest BCUT2D eigenvalue weighted by Gasteiger charge is 2.37. The molecule has 24 heavy (non-hydrogen) atoms. The number of likely N-dealkylation sites (tertiary alicyclic amines) is 1. The molecule has 2 unspecified atom stereocenters. The number of aromatic nitrogens is 1. The summed E-state index contributed by atoms with van der Waals surface area (Å²) >= 11 is 0. The Morgan fingerprint density at radius 2 is 2.33 bits per heavy atom. The lowest BCUT2D eigenvalue weighted by atomic mass is 9.71. The molecule has 4 rings (SSSR count). The van der Waals surface area contributed by atoms with Gasteiger partial charge in [-0.25, -0.2) is 0 Å². The third-order valence-electron chi connectivity index (χ3n) is 5.42. The summed E-state index contributed by atoms with van der Waals surface area (Å²) in [6.45, 7) is 5.34. The zero-order valence-corrected chi connectivity index (χ0v) is 14.0. The van der Waals surface area contributed by atoms with Crippen molar-refractivity contribution < 1.29 is 14.5 Å². The summed E-state index contributed by atoms with van der Waals surface area (Å²) in [5.74, 6) is 3.19. The molecular weight excluding hydrogens is 303 g/mol. The summed E-state index contributed by atoms with van der Waals surface area (Å²) in [6, 6.07) is 0. The van der Waals surface area contributed by atoms with Gasteiger partial charge in [0.1, 0.15) is 5.75 Å². The normalized spacial score (nSPS) is 25.0. The Morgan fingerprint density at radius 3 is 3.12 bits per heavy atom. The van der Waals surface area contributed by atoms with E-state index in [1.807, 2.05) is 4.90 Å². The van der Waals surface area contributed by atoms with E-state index in [4.69, 9.17) is 4.65 Å². The molecule has 0 saturated carbocycles. The summed E-state index contributed by atoms with van der Waals surface area (Å²) in [6.07, 6.45) is 7.71. The fourth-order valence-electron chi connectivity index (χ4n) is 4.04. The first-order valence-corrected chi connectivity index (χ1v) is 8.55. The van der Waals surface area contributed by atoms with Crippen LogP contribution in [0.15, 0.2) is 18.2 Å². The quantitative estimate of drug-likeness (QED) is 0.802. The third-order valence-corrected chi connectivity index (χ3v) is 5.42. The summed E-state index contributed by atoms with van der Waals surface area (Å²) in [7, 11) is -0.961. The van der Waals surface area contributed by atoms with Gasteiger partial charge in [0.05, 0.1) is 11.9 Å². The minimum atomic E-state index is -0.961. The van der Waals surface area contributed by atoms with Crippen molar-refractivity contribution in [3.8, 4) is 5.75 Å². The number of nitrogens with zero attached hydrogens (tertiary/aromatic N) is 2. The summed E-state index contributed by atoms with van der Waals surface area (Å²) in [5, 5.41) is 10.1. The van der Waals surface area contributed by atoms with Gasteiger partial charge in [-0.3, -0.25) is 9.78 Å². The van der Waals surface area contributed by atoms with Crippen molar-refractivity contribution in [1.29, 1.82) is 0 Å². The van der Waals surface area contributed by atoms with Crippen molar-refractivity contribution in [2.75, 3.05) is 13.1 Å². The Kier molecular flexibility index (Phi) is 3.72. The van der Waals surface area contributed by atoms with E-state index in [0.717, 1.165) is 41.8 Å². The number of pyridine rings is 1. The molecule has 0 bridgehead atoms. The number of allylic oxidation sites excluding steroid dienone is 1. The van der Waals surface area contributed by atoms with Crippen LogP contribution in [0.2, 0.25) is 0 Å². The Hall–Kier alpha value is -2.08. The molecule has 1 amide bonds. The van der Waals surface area contributed by atoms with Gasteiger partial charge in [0.2, 0.25) is 5.91 Å². The maximum absolute atomic E-state index is 11.8. The molecule has 2 aliphatic heterocycles. The maximum Gasteiger partial charge on any atom is 0.552 e. The highest BCUT2D eigenvalue weighted by molar-refractivity contribution is 6.52. The van der Waals surface area contributed by atoms with Gasteiger partial charge in [0, 0.05) is 43.5 Å². The van der Waals surface area contributed by atoms with E-state index < -0.39 is 7.12 Å². The van der Waals surface area contributed by atoms with Gasteiger partial charge in [0.15, 0.2) is 0 Å². The molecule has 1 fully saturated rings. The predicted molar refractivity (Wildman–Crippen MR) is 93.1 cm³/mol. The summed E-state index contributed by atoms with van der Waals surface area (Å²) in [5.41, 5.74) is 4.28. The number of carbonyl (C=O) groups excluding carboxylic acids is 1. The topological polar surface area (TPSA) is 62.7 Å².